The molecule has 1 fully saturated rings. The standard InChI is InChI=1S/C29H26O17/c30-14-3-1-11(5-15(14)31)2-4-21(36)45-29-25(40)24(39)26(46-28(42)13-8-18(34)23(38)19(35)9-13)20(44-29)10-43-27(41)12-6-16(32)22(37)17(33)7-12/h1-9,20,24-26,29-35,37-40H,10H2. The van der Waals surface area contributed by atoms with Gasteiger partial charge in [0.1, 0.15) is 24.9 Å². The lowest BCUT2D eigenvalue weighted by Gasteiger charge is -2.41. The maximum atomic E-state index is 12.8. The maximum absolute atomic E-state index is 12.8. The predicted octanol–water partition coefficient (Wildman–Crippen LogP) is 0.417. The highest BCUT2D eigenvalue weighted by molar-refractivity contribution is 5.92. The molecule has 3 aromatic rings. The van der Waals surface area contributed by atoms with Gasteiger partial charge in [0.25, 0.3) is 0 Å². The van der Waals surface area contributed by atoms with Crippen LogP contribution in [0.5, 0.6) is 46.0 Å². The van der Waals surface area contributed by atoms with E-state index in [1.54, 1.807) is 0 Å². The van der Waals surface area contributed by atoms with Crippen LogP contribution in [0, 0.1) is 0 Å². The number of phenols is 8. The number of esters is 3. The molecule has 0 aromatic heterocycles. The van der Waals surface area contributed by atoms with Crippen molar-refractivity contribution in [2.75, 3.05) is 6.61 Å². The monoisotopic (exact) mass is 646 g/mol. The minimum Gasteiger partial charge on any atom is -0.504 e. The molecule has 46 heavy (non-hydrogen) atoms. The van der Waals surface area contributed by atoms with Gasteiger partial charge in [-0.15, -0.1) is 0 Å². The summed E-state index contributed by atoms with van der Waals surface area (Å²) in [5.41, 5.74) is -0.729. The van der Waals surface area contributed by atoms with Crippen LogP contribution in [0.1, 0.15) is 26.3 Å². The van der Waals surface area contributed by atoms with Crippen molar-refractivity contribution in [3.05, 3.63) is 65.2 Å². The zero-order valence-electron chi connectivity index (χ0n) is 23.1. The van der Waals surface area contributed by atoms with Crippen LogP contribution in [0.4, 0.5) is 0 Å². The molecule has 1 heterocycles. The average molecular weight is 647 g/mol. The number of aliphatic hydroxyl groups excluding tert-OH is 2. The molecule has 0 radical (unpaired) electrons. The van der Waals surface area contributed by atoms with Crippen LogP contribution in [-0.4, -0.2) is 106 Å². The normalized spacial score (nSPS) is 21.0. The van der Waals surface area contributed by atoms with Crippen molar-refractivity contribution in [3.8, 4) is 46.0 Å². The Kier molecular flexibility index (Phi) is 9.60. The van der Waals surface area contributed by atoms with Crippen LogP contribution < -0.4 is 0 Å². The fourth-order valence-electron chi connectivity index (χ4n) is 4.12. The first-order valence-electron chi connectivity index (χ1n) is 13.0. The minimum absolute atomic E-state index is 0.256. The molecule has 1 saturated heterocycles. The highest BCUT2D eigenvalue weighted by Gasteiger charge is 2.49. The summed E-state index contributed by atoms with van der Waals surface area (Å²) < 4.78 is 20.9. The van der Waals surface area contributed by atoms with Gasteiger partial charge in [0, 0.05) is 6.08 Å². The van der Waals surface area contributed by atoms with E-state index in [0.29, 0.717) is 12.1 Å². The van der Waals surface area contributed by atoms with E-state index in [-0.39, 0.29) is 5.56 Å². The number of carbonyl (C=O) groups excluding carboxylic acids is 3. The highest BCUT2D eigenvalue weighted by atomic mass is 16.7. The molecule has 3 aromatic carbocycles. The van der Waals surface area contributed by atoms with Gasteiger partial charge >= 0.3 is 17.9 Å². The number of carbonyl (C=O) groups is 3. The van der Waals surface area contributed by atoms with Crippen molar-refractivity contribution in [3.63, 3.8) is 0 Å². The van der Waals surface area contributed by atoms with Crippen LogP contribution in [0.15, 0.2) is 48.5 Å². The lowest BCUT2D eigenvalue weighted by Crippen LogP contribution is -2.61. The fraction of sp³-hybridized carbons (Fsp3) is 0.207. The van der Waals surface area contributed by atoms with E-state index >= 15 is 0 Å². The van der Waals surface area contributed by atoms with Crippen molar-refractivity contribution < 1.29 is 84.4 Å². The third-order valence-electron chi connectivity index (χ3n) is 6.52. The maximum Gasteiger partial charge on any atom is 0.338 e. The van der Waals surface area contributed by atoms with Gasteiger partial charge in [0.2, 0.25) is 6.29 Å². The molecule has 1 aliphatic rings. The van der Waals surface area contributed by atoms with Crippen molar-refractivity contribution in [1.29, 1.82) is 0 Å². The molecule has 0 saturated carbocycles. The number of aromatic hydroxyl groups is 8. The molecule has 17 nitrogen and oxygen atoms in total. The molecular weight excluding hydrogens is 620 g/mol. The number of hydrogen-bond acceptors (Lipinski definition) is 17. The Balaban J connectivity index is 1.55. The van der Waals surface area contributed by atoms with Gasteiger partial charge < -0.3 is 70.0 Å². The van der Waals surface area contributed by atoms with Gasteiger partial charge in [-0.1, -0.05) is 6.07 Å². The summed E-state index contributed by atoms with van der Waals surface area (Å²) in [6.45, 7) is -0.883. The lowest BCUT2D eigenvalue weighted by atomic mass is 9.98. The van der Waals surface area contributed by atoms with Crippen molar-refractivity contribution in [1.82, 2.24) is 0 Å². The van der Waals surface area contributed by atoms with Crippen molar-refractivity contribution >= 4 is 24.0 Å². The zero-order valence-corrected chi connectivity index (χ0v) is 23.1. The SMILES string of the molecule is O=C(C=Cc1ccc(O)c(O)c1)OC1OC(COC(=O)c2cc(O)c(O)c(O)c2)C(OC(=O)c2cc(O)c(O)c(O)c2)C(O)C1O. The van der Waals surface area contributed by atoms with E-state index in [1.807, 2.05) is 0 Å². The predicted molar refractivity (Wildman–Crippen MR) is 148 cm³/mol. The van der Waals surface area contributed by atoms with E-state index in [1.165, 1.54) is 12.1 Å². The molecular formula is C29H26O17. The molecule has 0 spiro atoms. The third kappa shape index (κ3) is 7.24. The molecule has 17 heteroatoms. The largest absolute Gasteiger partial charge is 0.504 e. The number of aliphatic hydroxyl groups is 2. The Morgan fingerprint density at radius 1 is 0.674 bits per heavy atom. The molecule has 244 valence electrons. The summed E-state index contributed by atoms with van der Waals surface area (Å²) in [6.07, 6.45) is -7.67. The van der Waals surface area contributed by atoms with E-state index in [4.69, 9.17) is 18.9 Å². The Morgan fingerprint density at radius 2 is 1.22 bits per heavy atom. The van der Waals surface area contributed by atoms with Gasteiger partial charge in [-0.25, -0.2) is 14.4 Å². The van der Waals surface area contributed by atoms with Gasteiger partial charge in [0.05, 0.1) is 11.1 Å². The molecule has 0 amide bonds. The van der Waals surface area contributed by atoms with E-state index in [0.717, 1.165) is 30.3 Å². The van der Waals surface area contributed by atoms with Gasteiger partial charge in [-0.05, 0) is 48.0 Å². The number of rotatable bonds is 8. The smallest absolute Gasteiger partial charge is 0.338 e. The average Bonchev–Trinajstić information content (AvgIpc) is 3.01. The Labute approximate surface area is 257 Å². The number of benzene rings is 3. The Morgan fingerprint density at radius 3 is 1.76 bits per heavy atom. The molecule has 5 atom stereocenters. The Bertz CT molecular complexity index is 1640. The summed E-state index contributed by atoms with van der Waals surface area (Å²) in [5.74, 6) is -9.96. The summed E-state index contributed by atoms with van der Waals surface area (Å²) in [7, 11) is 0. The number of hydrogen-bond donors (Lipinski definition) is 10. The molecule has 4 rings (SSSR count). The Hall–Kier alpha value is -5.91. The van der Waals surface area contributed by atoms with Crippen molar-refractivity contribution in [2.24, 2.45) is 0 Å². The van der Waals surface area contributed by atoms with Gasteiger partial charge in [0.15, 0.2) is 52.1 Å². The van der Waals surface area contributed by atoms with Crippen LogP contribution in [0.25, 0.3) is 6.08 Å². The molecule has 1 aliphatic heterocycles. The molecule has 10 N–H and O–H groups in total. The summed E-state index contributed by atoms with van der Waals surface area (Å²) in [6, 6.07) is 6.56. The summed E-state index contributed by atoms with van der Waals surface area (Å²) >= 11 is 0. The first-order valence-corrected chi connectivity index (χ1v) is 13.0. The van der Waals surface area contributed by atoms with Gasteiger partial charge in [-0.2, -0.15) is 0 Å². The number of ether oxygens (including phenoxy) is 4. The van der Waals surface area contributed by atoms with E-state index < -0.39 is 112 Å². The second-order valence-corrected chi connectivity index (χ2v) is 9.74. The topological polar surface area (TPSA) is 290 Å². The lowest BCUT2D eigenvalue weighted by molar-refractivity contribution is -0.290. The quantitative estimate of drug-likeness (QED) is 0.0686. The summed E-state index contributed by atoms with van der Waals surface area (Å²) in [4.78, 5) is 37.9. The van der Waals surface area contributed by atoms with Crippen LogP contribution in [0.2, 0.25) is 0 Å². The highest BCUT2D eigenvalue weighted by Crippen LogP contribution is 2.37. The van der Waals surface area contributed by atoms with Crippen molar-refractivity contribution in [2.45, 2.75) is 30.7 Å². The van der Waals surface area contributed by atoms with Crippen LogP contribution in [-0.2, 0) is 23.7 Å². The van der Waals surface area contributed by atoms with E-state index in [9.17, 15) is 65.4 Å². The molecule has 0 bridgehead atoms. The van der Waals surface area contributed by atoms with Gasteiger partial charge in [-0.3, -0.25) is 0 Å². The minimum atomic E-state index is -2.08. The third-order valence-corrected chi connectivity index (χ3v) is 6.52. The van der Waals surface area contributed by atoms with E-state index in [2.05, 4.69) is 0 Å². The zero-order chi connectivity index (χ0) is 33.9. The van der Waals surface area contributed by atoms with Crippen LogP contribution in [0.3, 0.4) is 0 Å². The summed E-state index contributed by atoms with van der Waals surface area (Å²) in [5, 5.41) is 98.4. The molecule has 5 unspecified atom stereocenters. The van der Waals surface area contributed by atoms with Crippen LogP contribution >= 0.6 is 0 Å². The first kappa shape index (κ1) is 33.0. The molecule has 0 aliphatic carbocycles. The second kappa shape index (κ2) is 13.4. The fourth-order valence-corrected chi connectivity index (χ4v) is 4.12. The number of phenolic OH excluding ortho intramolecular Hbond substituents is 8. The second-order valence-electron chi connectivity index (χ2n) is 9.74. The first-order chi connectivity index (χ1) is 21.7.